The van der Waals surface area contributed by atoms with Crippen molar-refractivity contribution < 1.29 is 0 Å². The molecule has 0 radical (unpaired) electrons. The van der Waals surface area contributed by atoms with Crippen molar-refractivity contribution >= 4 is 26.7 Å². The highest BCUT2D eigenvalue weighted by Gasteiger charge is 2.12. The number of fused-ring (bicyclic) bond motifs is 1. The third-order valence-electron chi connectivity index (χ3n) is 3.55. The molecule has 4 nitrogen and oxygen atoms in total. The van der Waals surface area contributed by atoms with Gasteiger partial charge in [-0.25, -0.2) is 0 Å². The van der Waals surface area contributed by atoms with Crippen LogP contribution in [0.25, 0.3) is 10.8 Å². The van der Waals surface area contributed by atoms with Crippen LogP contribution in [0.5, 0.6) is 0 Å². The third-order valence-corrected chi connectivity index (χ3v) is 4.05. The molecule has 19 heavy (non-hydrogen) atoms. The Bertz CT molecular complexity index is 647. The molecule has 2 heterocycles. The van der Waals surface area contributed by atoms with E-state index in [0.717, 1.165) is 48.0 Å². The molecule has 2 N–H and O–H groups in total. The molecule has 1 saturated heterocycles. The molecule has 3 rings (SSSR count). The Morgan fingerprint density at radius 3 is 2.79 bits per heavy atom. The SMILES string of the molecule is O=c1[nH]cc(CN2CCNCC2)c2cc(Br)ccc12. The van der Waals surface area contributed by atoms with Crippen molar-refractivity contribution in [3.05, 3.63) is 44.8 Å². The monoisotopic (exact) mass is 321 g/mol. The van der Waals surface area contributed by atoms with E-state index in [0.29, 0.717) is 0 Å². The number of piperazine rings is 1. The van der Waals surface area contributed by atoms with Crippen LogP contribution < -0.4 is 10.9 Å². The average Bonchev–Trinajstić information content (AvgIpc) is 2.43. The molecule has 5 heteroatoms. The zero-order valence-corrected chi connectivity index (χ0v) is 12.2. The standard InChI is InChI=1S/C14H16BrN3O/c15-11-1-2-12-13(7-11)10(8-17-14(12)19)9-18-5-3-16-4-6-18/h1-2,7-8,16H,3-6,9H2,(H,17,19). The Hall–Kier alpha value is -1.17. The lowest BCUT2D eigenvalue weighted by Gasteiger charge is -2.27. The first-order valence-corrected chi connectivity index (χ1v) is 7.26. The van der Waals surface area contributed by atoms with Crippen molar-refractivity contribution in [2.75, 3.05) is 26.2 Å². The van der Waals surface area contributed by atoms with Gasteiger partial charge >= 0.3 is 0 Å². The van der Waals surface area contributed by atoms with Crippen LogP contribution in [0, 0.1) is 0 Å². The molecule has 1 aromatic carbocycles. The maximum atomic E-state index is 11.8. The lowest BCUT2D eigenvalue weighted by Crippen LogP contribution is -2.43. The van der Waals surface area contributed by atoms with Crippen LogP contribution in [-0.4, -0.2) is 36.1 Å². The van der Waals surface area contributed by atoms with Gasteiger partial charge in [-0.3, -0.25) is 9.69 Å². The van der Waals surface area contributed by atoms with Crippen LogP contribution >= 0.6 is 15.9 Å². The summed E-state index contributed by atoms with van der Waals surface area (Å²) in [6, 6.07) is 5.81. The largest absolute Gasteiger partial charge is 0.328 e. The molecule has 0 aliphatic carbocycles. The summed E-state index contributed by atoms with van der Waals surface area (Å²) in [4.78, 5) is 17.1. The number of rotatable bonds is 2. The van der Waals surface area contributed by atoms with Gasteiger partial charge in [-0.05, 0) is 29.1 Å². The normalized spacial score (nSPS) is 16.9. The number of pyridine rings is 1. The summed E-state index contributed by atoms with van der Waals surface area (Å²) < 4.78 is 1.01. The molecule has 0 amide bonds. The molecule has 1 fully saturated rings. The highest BCUT2D eigenvalue weighted by atomic mass is 79.9. The fourth-order valence-electron chi connectivity index (χ4n) is 2.53. The highest BCUT2D eigenvalue weighted by Crippen LogP contribution is 2.21. The summed E-state index contributed by atoms with van der Waals surface area (Å²) in [5.41, 5.74) is 1.16. The first kappa shape index (κ1) is 12.8. The van der Waals surface area contributed by atoms with Gasteiger partial charge in [0.15, 0.2) is 0 Å². The van der Waals surface area contributed by atoms with Crippen molar-refractivity contribution in [1.82, 2.24) is 15.2 Å². The maximum Gasteiger partial charge on any atom is 0.255 e. The van der Waals surface area contributed by atoms with Crippen molar-refractivity contribution in [2.24, 2.45) is 0 Å². The summed E-state index contributed by atoms with van der Waals surface area (Å²) in [5.74, 6) is 0. The molecular weight excluding hydrogens is 306 g/mol. The first-order valence-electron chi connectivity index (χ1n) is 6.47. The minimum atomic E-state index is -0.0217. The number of nitrogens with one attached hydrogen (secondary N) is 2. The molecule has 2 aromatic rings. The fourth-order valence-corrected chi connectivity index (χ4v) is 2.89. The average molecular weight is 322 g/mol. The number of nitrogens with zero attached hydrogens (tertiary/aromatic N) is 1. The first-order chi connectivity index (χ1) is 9.24. The second-order valence-corrected chi connectivity index (χ2v) is 5.77. The minimum absolute atomic E-state index is 0.0217. The van der Waals surface area contributed by atoms with Crippen molar-refractivity contribution in [2.45, 2.75) is 6.54 Å². The summed E-state index contributed by atoms with van der Waals surface area (Å²) in [6.07, 6.45) is 1.85. The van der Waals surface area contributed by atoms with Crippen LogP contribution in [0.3, 0.4) is 0 Å². The molecule has 1 aliphatic heterocycles. The molecule has 1 aromatic heterocycles. The fraction of sp³-hybridized carbons (Fsp3) is 0.357. The van der Waals surface area contributed by atoms with Crippen molar-refractivity contribution in [3.8, 4) is 0 Å². The molecule has 1 aliphatic rings. The van der Waals surface area contributed by atoms with Gasteiger partial charge in [0.2, 0.25) is 0 Å². The van der Waals surface area contributed by atoms with Gasteiger partial charge in [-0.1, -0.05) is 15.9 Å². The minimum Gasteiger partial charge on any atom is -0.328 e. The molecule has 0 bridgehead atoms. The van der Waals surface area contributed by atoms with Crippen LogP contribution in [0.4, 0.5) is 0 Å². The number of hydrogen-bond acceptors (Lipinski definition) is 3. The smallest absolute Gasteiger partial charge is 0.255 e. The van der Waals surface area contributed by atoms with Crippen LogP contribution in [-0.2, 0) is 6.54 Å². The van der Waals surface area contributed by atoms with E-state index in [2.05, 4.69) is 31.1 Å². The van der Waals surface area contributed by atoms with E-state index in [4.69, 9.17) is 0 Å². The van der Waals surface area contributed by atoms with Gasteiger partial charge in [0.1, 0.15) is 0 Å². The van der Waals surface area contributed by atoms with Crippen LogP contribution in [0.15, 0.2) is 33.7 Å². The van der Waals surface area contributed by atoms with Gasteiger partial charge in [-0.2, -0.15) is 0 Å². The zero-order valence-electron chi connectivity index (χ0n) is 10.6. The molecule has 0 atom stereocenters. The predicted molar refractivity (Wildman–Crippen MR) is 80.4 cm³/mol. The summed E-state index contributed by atoms with van der Waals surface area (Å²) in [6.45, 7) is 5.05. The molecule has 100 valence electrons. The van der Waals surface area contributed by atoms with Crippen LogP contribution in [0.1, 0.15) is 5.56 Å². The van der Waals surface area contributed by atoms with E-state index < -0.39 is 0 Å². The number of hydrogen-bond donors (Lipinski definition) is 2. The Morgan fingerprint density at radius 2 is 2.00 bits per heavy atom. The van der Waals surface area contributed by atoms with Gasteiger partial charge in [0.05, 0.1) is 0 Å². The predicted octanol–water partition coefficient (Wildman–Crippen LogP) is 1.70. The van der Waals surface area contributed by atoms with Gasteiger partial charge in [0, 0.05) is 48.8 Å². The van der Waals surface area contributed by atoms with E-state index in [1.165, 1.54) is 5.56 Å². The summed E-state index contributed by atoms with van der Waals surface area (Å²) in [7, 11) is 0. The Labute approximate surface area is 119 Å². The lowest BCUT2D eigenvalue weighted by atomic mass is 10.1. The van der Waals surface area contributed by atoms with E-state index in [9.17, 15) is 4.79 Å². The van der Waals surface area contributed by atoms with Gasteiger partial charge in [-0.15, -0.1) is 0 Å². The number of halogens is 1. The molecular formula is C14H16BrN3O. The highest BCUT2D eigenvalue weighted by molar-refractivity contribution is 9.10. The second-order valence-electron chi connectivity index (χ2n) is 4.86. The number of aromatic nitrogens is 1. The van der Waals surface area contributed by atoms with Crippen molar-refractivity contribution in [1.29, 1.82) is 0 Å². The topological polar surface area (TPSA) is 48.1 Å². The van der Waals surface area contributed by atoms with Crippen LogP contribution in [0.2, 0.25) is 0 Å². The summed E-state index contributed by atoms with van der Waals surface area (Å²) in [5, 5.41) is 5.15. The Morgan fingerprint density at radius 1 is 1.21 bits per heavy atom. The Balaban J connectivity index is 2.00. The van der Waals surface area contributed by atoms with Crippen molar-refractivity contribution in [3.63, 3.8) is 0 Å². The molecule has 0 spiro atoms. The lowest BCUT2D eigenvalue weighted by molar-refractivity contribution is 0.234. The Kier molecular flexibility index (Phi) is 3.68. The van der Waals surface area contributed by atoms with E-state index in [1.54, 1.807) is 0 Å². The maximum absolute atomic E-state index is 11.8. The van der Waals surface area contributed by atoms with Gasteiger partial charge < -0.3 is 10.3 Å². The second kappa shape index (κ2) is 5.45. The summed E-state index contributed by atoms with van der Waals surface area (Å²) >= 11 is 3.48. The number of aromatic amines is 1. The van der Waals surface area contributed by atoms with E-state index >= 15 is 0 Å². The zero-order chi connectivity index (χ0) is 13.2. The molecule has 0 unspecified atom stereocenters. The van der Waals surface area contributed by atoms with E-state index in [-0.39, 0.29) is 5.56 Å². The quantitative estimate of drug-likeness (QED) is 0.885. The van der Waals surface area contributed by atoms with E-state index in [1.807, 2.05) is 24.4 Å². The number of H-pyrrole nitrogens is 1. The third kappa shape index (κ3) is 2.73. The van der Waals surface area contributed by atoms with Gasteiger partial charge in [0.25, 0.3) is 5.56 Å². The number of benzene rings is 1. The molecule has 0 saturated carbocycles.